The van der Waals surface area contributed by atoms with E-state index in [4.69, 9.17) is 4.74 Å². The molecule has 1 aromatic carbocycles. The molecule has 4 nitrogen and oxygen atoms in total. The van der Waals surface area contributed by atoms with E-state index in [0.717, 1.165) is 5.56 Å². The minimum atomic E-state index is -0.433. The van der Waals surface area contributed by atoms with Crippen molar-refractivity contribution in [2.24, 2.45) is 0 Å². The molecule has 0 fully saturated rings. The molecule has 1 heterocycles. The lowest BCUT2D eigenvalue weighted by Crippen LogP contribution is -2.42. The van der Waals surface area contributed by atoms with E-state index >= 15 is 0 Å². The predicted molar refractivity (Wildman–Crippen MR) is 56.5 cm³/mol. The summed E-state index contributed by atoms with van der Waals surface area (Å²) in [5.74, 6) is 0. The summed E-state index contributed by atoms with van der Waals surface area (Å²) >= 11 is 0. The van der Waals surface area contributed by atoms with Gasteiger partial charge < -0.3 is 4.74 Å². The first-order chi connectivity index (χ1) is 7.86. The van der Waals surface area contributed by atoms with E-state index < -0.39 is 6.09 Å². The maximum absolute atomic E-state index is 11.5. The Kier molecular flexibility index (Phi) is 3.23. The van der Waals surface area contributed by atoms with Gasteiger partial charge in [-0.3, -0.25) is 0 Å². The number of carbonyl (C=O) groups excluding carboxylic acids is 1. The zero-order chi connectivity index (χ0) is 11.2. The van der Waals surface area contributed by atoms with Crippen LogP contribution in [0.4, 0.5) is 4.79 Å². The van der Waals surface area contributed by atoms with Gasteiger partial charge in [0.1, 0.15) is 19.0 Å². The van der Waals surface area contributed by atoms with Gasteiger partial charge in [0.15, 0.2) is 0 Å². The van der Waals surface area contributed by atoms with Gasteiger partial charge in [0.2, 0.25) is 0 Å². The van der Waals surface area contributed by atoms with Gasteiger partial charge in [-0.2, -0.15) is 4.79 Å². The molecule has 2 rings (SSSR count). The third kappa shape index (κ3) is 2.63. The van der Waals surface area contributed by atoms with E-state index in [1.54, 1.807) is 18.5 Å². The van der Waals surface area contributed by atoms with Crippen molar-refractivity contribution in [2.75, 3.05) is 0 Å². The van der Waals surface area contributed by atoms with Crippen LogP contribution in [0.1, 0.15) is 5.56 Å². The molecule has 0 atom stereocenters. The Bertz CT molecular complexity index is 457. The molecule has 1 aromatic heterocycles. The minimum absolute atomic E-state index is 0.265. The van der Waals surface area contributed by atoms with Crippen molar-refractivity contribution in [2.45, 2.75) is 6.61 Å². The van der Waals surface area contributed by atoms with E-state index in [1.807, 2.05) is 30.3 Å². The minimum Gasteiger partial charge on any atom is -0.426 e. The third-order valence-corrected chi connectivity index (χ3v) is 2.03. The first-order valence-electron chi connectivity index (χ1n) is 4.88. The molecule has 0 aliphatic carbocycles. The maximum Gasteiger partial charge on any atom is 0.511 e. The van der Waals surface area contributed by atoms with Gasteiger partial charge in [0, 0.05) is 6.07 Å². The van der Waals surface area contributed by atoms with Crippen molar-refractivity contribution < 1.29 is 14.1 Å². The van der Waals surface area contributed by atoms with Gasteiger partial charge in [-0.05, 0) is 5.56 Å². The zero-order valence-electron chi connectivity index (χ0n) is 8.61. The van der Waals surface area contributed by atoms with Crippen LogP contribution in [0.25, 0.3) is 0 Å². The molecule has 0 aliphatic rings. The third-order valence-electron chi connectivity index (χ3n) is 2.03. The van der Waals surface area contributed by atoms with E-state index in [1.165, 1.54) is 10.9 Å². The topological polar surface area (TPSA) is 43.1 Å². The smallest absolute Gasteiger partial charge is 0.426 e. The highest BCUT2D eigenvalue weighted by molar-refractivity contribution is 5.56. The van der Waals surface area contributed by atoms with E-state index in [9.17, 15) is 4.79 Å². The van der Waals surface area contributed by atoms with E-state index in [2.05, 4.69) is 4.98 Å². The Morgan fingerprint density at radius 3 is 2.75 bits per heavy atom. The maximum atomic E-state index is 11.5. The van der Waals surface area contributed by atoms with Crippen LogP contribution in [-0.4, -0.2) is 11.1 Å². The Hall–Kier alpha value is -2.23. The summed E-state index contributed by atoms with van der Waals surface area (Å²) in [6, 6.07) is 11.2. The first-order valence-corrected chi connectivity index (χ1v) is 4.88. The lowest BCUT2D eigenvalue weighted by atomic mass is 10.2. The number of rotatable bonds is 2. The summed E-state index contributed by atoms with van der Waals surface area (Å²) in [6.07, 6.45) is 4.17. The fourth-order valence-corrected chi connectivity index (χ4v) is 1.23. The molecule has 0 amide bonds. The van der Waals surface area contributed by atoms with Crippen LogP contribution in [-0.2, 0) is 11.3 Å². The standard InChI is InChI=1S/C12H11N2O2/c15-12(14-8-4-7-13-10-14)16-9-11-5-2-1-3-6-11/h1-8,10H,9H2/q+1. The SMILES string of the molecule is O=C(OCc1ccccc1)[n+]1cccnc1. The Morgan fingerprint density at radius 1 is 1.25 bits per heavy atom. The van der Waals surface area contributed by atoms with Gasteiger partial charge >= 0.3 is 6.09 Å². The summed E-state index contributed by atoms with van der Waals surface area (Å²) in [5.41, 5.74) is 0.959. The molecule has 0 bridgehead atoms. The molecule has 0 saturated carbocycles. The van der Waals surface area contributed by atoms with Gasteiger partial charge in [-0.15, -0.1) is 4.57 Å². The summed E-state index contributed by atoms with van der Waals surface area (Å²) in [7, 11) is 0. The molecule has 0 saturated heterocycles. The second kappa shape index (κ2) is 5.02. The predicted octanol–water partition coefficient (Wildman–Crippen LogP) is 1.55. The number of benzene rings is 1. The largest absolute Gasteiger partial charge is 0.511 e. The van der Waals surface area contributed by atoms with Crippen LogP contribution in [0, 0.1) is 0 Å². The highest BCUT2D eigenvalue weighted by Gasteiger charge is 2.10. The van der Waals surface area contributed by atoms with E-state index in [-0.39, 0.29) is 6.61 Å². The lowest BCUT2D eigenvalue weighted by Gasteiger charge is -2.01. The molecule has 2 aromatic rings. The average Bonchev–Trinajstić information content (AvgIpc) is 2.38. The molecule has 0 N–H and O–H groups in total. The van der Waals surface area contributed by atoms with Gasteiger partial charge in [0.05, 0.1) is 0 Å². The fraction of sp³-hybridized carbons (Fsp3) is 0.0833. The summed E-state index contributed by atoms with van der Waals surface area (Å²) in [6.45, 7) is 0.265. The summed E-state index contributed by atoms with van der Waals surface area (Å²) < 4.78 is 6.39. The number of nitrogens with zero attached hydrogens (tertiary/aromatic N) is 2. The van der Waals surface area contributed by atoms with Crippen LogP contribution in [0.5, 0.6) is 0 Å². The second-order valence-corrected chi connectivity index (χ2v) is 3.20. The molecule has 0 radical (unpaired) electrons. The van der Waals surface area contributed by atoms with Crippen molar-refractivity contribution in [1.82, 2.24) is 4.98 Å². The zero-order valence-corrected chi connectivity index (χ0v) is 8.61. The van der Waals surface area contributed by atoms with Crippen molar-refractivity contribution >= 4 is 6.09 Å². The molecule has 0 aliphatic heterocycles. The van der Waals surface area contributed by atoms with Crippen LogP contribution in [0.3, 0.4) is 0 Å². The Labute approximate surface area is 93.1 Å². The highest BCUT2D eigenvalue weighted by Crippen LogP contribution is 2.00. The molecule has 80 valence electrons. The molecule has 16 heavy (non-hydrogen) atoms. The van der Waals surface area contributed by atoms with Crippen molar-refractivity contribution in [3.8, 4) is 0 Å². The van der Waals surface area contributed by atoms with Gasteiger partial charge in [-0.25, -0.2) is 0 Å². The summed E-state index contributed by atoms with van der Waals surface area (Å²) in [4.78, 5) is 15.3. The van der Waals surface area contributed by atoms with Crippen LogP contribution >= 0.6 is 0 Å². The number of hydrogen-bond donors (Lipinski definition) is 0. The number of carbonyl (C=O) groups is 1. The Balaban J connectivity index is 1.95. The second-order valence-electron chi connectivity index (χ2n) is 3.20. The summed E-state index contributed by atoms with van der Waals surface area (Å²) in [5, 5.41) is 0. The average molecular weight is 215 g/mol. The molecule has 4 heteroatoms. The van der Waals surface area contributed by atoms with Crippen molar-refractivity contribution in [3.63, 3.8) is 0 Å². The molecule has 0 spiro atoms. The Morgan fingerprint density at radius 2 is 2.06 bits per heavy atom. The number of hydrogen-bond acceptors (Lipinski definition) is 3. The first kappa shape index (κ1) is 10.3. The highest BCUT2D eigenvalue weighted by atomic mass is 16.5. The monoisotopic (exact) mass is 215 g/mol. The molecular formula is C12H11N2O2+. The van der Waals surface area contributed by atoms with Gasteiger partial charge in [0.25, 0.3) is 6.33 Å². The number of ether oxygens (including phenoxy) is 1. The molecular weight excluding hydrogens is 204 g/mol. The van der Waals surface area contributed by atoms with Crippen LogP contribution in [0.2, 0.25) is 0 Å². The van der Waals surface area contributed by atoms with Gasteiger partial charge in [-0.1, -0.05) is 35.3 Å². The fourth-order valence-electron chi connectivity index (χ4n) is 1.23. The van der Waals surface area contributed by atoms with E-state index in [0.29, 0.717) is 0 Å². The quantitative estimate of drug-likeness (QED) is 0.714. The number of aromatic nitrogens is 2. The van der Waals surface area contributed by atoms with Crippen molar-refractivity contribution in [3.05, 3.63) is 60.7 Å². The van der Waals surface area contributed by atoms with Crippen LogP contribution in [0.15, 0.2) is 55.1 Å². The molecule has 0 unspecified atom stereocenters. The van der Waals surface area contributed by atoms with Crippen LogP contribution < -0.4 is 4.57 Å². The lowest BCUT2D eigenvalue weighted by molar-refractivity contribution is -0.589. The van der Waals surface area contributed by atoms with Crippen molar-refractivity contribution in [1.29, 1.82) is 0 Å². The normalized spacial score (nSPS) is 9.75.